The van der Waals surface area contributed by atoms with Crippen molar-refractivity contribution in [1.82, 2.24) is 5.32 Å². The van der Waals surface area contributed by atoms with Crippen LogP contribution in [0.1, 0.15) is 30.9 Å². The van der Waals surface area contributed by atoms with E-state index in [9.17, 15) is 4.79 Å². The molecule has 1 amide bonds. The number of carbonyl (C=O) groups excluding carboxylic acids is 1. The Labute approximate surface area is 118 Å². The van der Waals surface area contributed by atoms with Crippen LogP contribution in [0, 0.1) is 11.3 Å². The molecule has 20 heavy (non-hydrogen) atoms. The van der Waals surface area contributed by atoms with Crippen molar-refractivity contribution in [3.05, 3.63) is 29.3 Å². The van der Waals surface area contributed by atoms with E-state index in [0.29, 0.717) is 19.6 Å². The van der Waals surface area contributed by atoms with Gasteiger partial charge in [-0.25, -0.2) is 4.79 Å². The molecule has 104 valence electrons. The van der Waals surface area contributed by atoms with Crippen molar-refractivity contribution in [1.29, 1.82) is 5.26 Å². The van der Waals surface area contributed by atoms with E-state index >= 15 is 0 Å². The van der Waals surface area contributed by atoms with E-state index in [1.807, 2.05) is 25.1 Å². The molecule has 1 saturated heterocycles. The fourth-order valence-corrected chi connectivity index (χ4v) is 2.92. The molecule has 2 heterocycles. The molecule has 1 unspecified atom stereocenters. The van der Waals surface area contributed by atoms with Crippen LogP contribution in [0.5, 0.6) is 0 Å². The minimum absolute atomic E-state index is 0.276. The highest BCUT2D eigenvalue weighted by molar-refractivity contribution is 5.88. The normalized spacial score (nSPS) is 25.0. The van der Waals surface area contributed by atoms with Crippen LogP contribution in [-0.4, -0.2) is 19.2 Å². The summed E-state index contributed by atoms with van der Waals surface area (Å²) >= 11 is 0. The summed E-state index contributed by atoms with van der Waals surface area (Å²) in [6, 6.07) is 8.21. The molecule has 0 aliphatic carbocycles. The van der Waals surface area contributed by atoms with E-state index in [1.54, 1.807) is 4.90 Å². The Morgan fingerprint density at radius 2 is 2.40 bits per heavy atom. The quantitative estimate of drug-likeness (QED) is 0.896. The van der Waals surface area contributed by atoms with Crippen LogP contribution >= 0.6 is 0 Å². The van der Waals surface area contributed by atoms with Gasteiger partial charge in [0.1, 0.15) is 0 Å². The number of ether oxygens (including phenoxy) is 1. The Balaban J connectivity index is 1.92. The van der Waals surface area contributed by atoms with Crippen molar-refractivity contribution >= 4 is 11.8 Å². The average Bonchev–Trinajstić information content (AvgIpc) is 2.77. The summed E-state index contributed by atoms with van der Waals surface area (Å²) in [5.41, 5.74) is 2.88. The number of nitriles is 1. The van der Waals surface area contributed by atoms with Crippen LogP contribution in [0.25, 0.3) is 0 Å². The Hall–Kier alpha value is -2.06. The number of rotatable bonds is 2. The molecule has 1 aromatic carbocycles. The molecule has 1 atom stereocenters. The maximum atomic E-state index is 11.8. The number of nitrogens with zero attached hydrogens (tertiary/aromatic N) is 2. The third-order valence-electron chi connectivity index (χ3n) is 4.07. The second kappa shape index (κ2) is 4.80. The highest BCUT2D eigenvalue weighted by atomic mass is 16.6. The molecule has 2 aliphatic heterocycles. The van der Waals surface area contributed by atoms with Crippen molar-refractivity contribution in [3.8, 4) is 6.07 Å². The van der Waals surface area contributed by atoms with Crippen molar-refractivity contribution in [2.75, 3.05) is 18.1 Å². The first-order valence-corrected chi connectivity index (χ1v) is 6.84. The molecule has 0 saturated carbocycles. The fraction of sp³-hybridized carbons (Fsp3) is 0.467. The lowest BCUT2D eigenvalue weighted by Gasteiger charge is -2.27. The number of nitrogens with one attached hydrogen (secondary N) is 1. The zero-order valence-electron chi connectivity index (χ0n) is 11.5. The number of amides is 1. The third kappa shape index (κ3) is 2.02. The van der Waals surface area contributed by atoms with E-state index in [-0.39, 0.29) is 11.6 Å². The zero-order chi connectivity index (χ0) is 14.2. The molecule has 1 fully saturated rings. The molecule has 0 radical (unpaired) electrons. The monoisotopic (exact) mass is 271 g/mol. The van der Waals surface area contributed by atoms with E-state index in [0.717, 1.165) is 29.8 Å². The molecular formula is C15H17N3O2. The zero-order valence-corrected chi connectivity index (χ0v) is 11.5. The minimum Gasteiger partial charge on any atom is -0.449 e. The summed E-state index contributed by atoms with van der Waals surface area (Å²) in [6.07, 6.45) is 1.01. The maximum absolute atomic E-state index is 11.8. The van der Waals surface area contributed by atoms with E-state index < -0.39 is 0 Å². The summed E-state index contributed by atoms with van der Waals surface area (Å²) in [6.45, 7) is 3.96. The Morgan fingerprint density at radius 1 is 1.55 bits per heavy atom. The summed E-state index contributed by atoms with van der Waals surface area (Å²) in [4.78, 5) is 13.4. The van der Waals surface area contributed by atoms with Gasteiger partial charge in [0, 0.05) is 18.8 Å². The number of hydrogen-bond acceptors (Lipinski definition) is 4. The van der Waals surface area contributed by atoms with Gasteiger partial charge in [-0.2, -0.15) is 5.26 Å². The Morgan fingerprint density at radius 3 is 3.15 bits per heavy atom. The average molecular weight is 271 g/mol. The molecule has 1 N–H and O–H groups in total. The lowest BCUT2D eigenvalue weighted by Crippen LogP contribution is -2.37. The standard InChI is InChI=1S/C15H17N3O2/c1-15(5-6-16)13-4-3-12(9-11(13)10-17-15)18-7-2-8-20-14(18)19/h3-4,9,17H,2,5,7-8,10H2,1H3. The number of hydrogen-bond donors (Lipinski definition) is 1. The molecule has 0 spiro atoms. The smallest absolute Gasteiger partial charge is 0.414 e. The topological polar surface area (TPSA) is 65.4 Å². The first kappa shape index (κ1) is 12.9. The van der Waals surface area contributed by atoms with Crippen LogP contribution in [0.15, 0.2) is 18.2 Å². The van der Waals surface area contributed by atoms with Gasteiger partial charge in [-0.1, -0.05) is 6.07 Å². The van der Waals surface area contributed by atoms with Gasteiger partial charge < -0.3 is 10.1 Å². The lowest BCUT2D eigenvalue weighted by atomic mass is 9.89. The highest BCUT2D eigenvalue weighted by Gasteiger charge is 2.34. The summed E-state index contributed by atoms with van der Waals surface area (Å²) < 4.78 is 5.07. The van der Waals surface area contributed by atoms with Gasteiger partial charge in [0.05, 0.1) is 24.6 Å². The first-order valence-electron chi connectivity index (χ1n) is 6.84. The SMILES string of the molecule is CC1(CC#N)NCc2cc(N3CCCOC3=O)ccc21. The number of benzene rings is 1. The molecule has 1 aromatic rings. The summed E-state index contributed by atoms with van der Waals surface area (Å²) in [5.74, 6) is 0. The molecule has 5 heteroatoms. The van der Waals surface area contributed by atoms with E-state index in [2.05, 4.69) is 11.4 Å². The molecular weight excluding hydrogens is 254 g/mol. The van der Waals surface area contributed by atoms with Crippen LogP contribution in [-0.2, 0) is 16.8 Å². The molecule has 3 rings (SSSR count). The minimum atomic E-state index is -0.287. The molecule has 0 aromatic heterocycles. The predicted octanol–water partition coefficient (Wildman–Crippen LogP) is 2.27. The van der Waals surface area contributed by atoms with Gasteiger partial charge in [-0.05, 0) is 36.6 Å². The number of fused-ring (bicyclic) bond motifs is 1. The Bertz CT molecular complexity index is 593. The molecule has 5 nitrogen and oxygen atoms in total. The molecule has 2 aliphatic rings. The van der Waals surface area contributed by atoms with Crippen LogP contribution < -0.4 is 10.2 Å². The second-order valence-corrected chi connectivity index (χ2v) is 5.48. The van der Waals surface area contributed by atoms with E-state index in [4.69, 9.17) is 10.00 Å². The van der Waals surface area contributed by atoms with Gasteiger partial charge in [0.15, 0.2) is 0 Å². The molecule has 0 bridgehead atoms. The van der Waals surface area contributed by atoms with Crippen molar-refractivity contribution < 1.29 is 9.53 Å². The first-order chi connectivity index (χ1) is 9.64. The Kier molecular flexibility index (Phi) is 3.11. The fourth-order valence-electron chi connectivity index (χ4n) is 2.92. The number of carbonyl (C=O) groups is 1. The van der Waals surface area contributed by atoms with Gasteiger partial charge in [-0.3, -0.25) is 4.90 Å². The number of cyclic esters (lactones) is 1. The highest BCUT2D eigenvalue weighted by Crippen LogP contribution is 2.35. The van der Waals surface area contributed by atoms with Gasteiger partial charge in [0.2, 0.25) is 0 Å². The van der Waals surface area contributed by atoms with Crippen LogP contribution in [0.3, 0.4) is 0 Å². The van der Waals surface area contributed by atoms with Crippen molar-refractivity contribution in [3.63, 3.8) is 0 Å². The van der Waals surface area contributed by atoms with Crippen LogP contribution in [0.4, 0.5) is 10.5 Å². The van der Waals surface area contributed by atoms with Gasteiger partial charge >= 0.3 is 6.09 Å². The van der Waals surface area contributed by atoms with Gasteiger partial charge in [-0.15, -0.1) is 0 Å². The lowest BCUT2D eigenvalue weighted by molar-refractivity contribution is 0.140. The summed E-state index contributed by atoms with van der Waals surface area (Å²) in [5, 5.41) is 12.3. The van der Waals surface area contributed by atoms with Crippen molar-refractivity contribution in [2.24, 2.45) is 0 Å². The third-order valence-corrected chi connectivity index (χ3v) is 4.07. The van der Waals surface area contributed by atoms with Gasteiger partial charge in [0.25, 0.3) is 0 Å². The maximum Gasteiger partial charge on any atom is 0.414 e. The second-order valence-electron chi connectivity index (χ2n) is 5.48. The predicted molar refractivity (Wildman–Crippen MR) is 74.2 cm³/mol. The summed E-state index contributed by atoms with van der Waals surface area (Å²) in [7, 11) is 0. The van der Waals surface area contributed by atoms with Crippen molar-refractivity contribution in [2.45, 2.75) is 31.8 Å². The largest absolute Gasteiger partial charge is 0.449 e. The van der Waals surface area contributed by atoms with E-state index in [1.165, 1.54) is 0 Å². The van der Waals surface area contributed by atoms with Crippen LogP contribution in [0.2, 0.25) is 0 Å². The number of anilines is 1.